The highest BCUT2D eigenvalue weighted by molar-refractivity contribution is 5.70. The smallest absolute Gasteiger partial charge is 0.306 e. The summed E-state index contributed by atoms with van der Waals surface area (Å²) in [5, 5.41) is 0. The monoisotopic (exact) mass is 426 g/mol. The molecule has 0 aromatic heterocycles. The van der Waals surface area contributed by atoms with Gasteiger partial charge in [0.05, 0.1) is 6.61 Å². The number of hydrogen-bond acceptors (Lipinski definition) is 4. The standard InChI is InChI=1S/C26H50O4/c1-4-7-8-9-10-11-12-13-14-15-18-23-29-25(27)21-16-17-22-26(28)30-24(19-5-2)20-6-3/h24H,4-23H2,1-3H3. The molecule has 0 amide bonds. The number of rotatable bonds is 22. The van der Waals surface area contributed by atoms with Gasteiger partial charge in [-0.15, -0.1) is 0 Å². The molecule has 4 nitrogen and oxygen atoms in total. The van der Waals surface area contributed by atoms with E-state index in [0.29, 0.717) is 32.3 Å². The topological polar surface area (TPSA) is 52.6 Å². The molecule has 0 bridgehead atoms. The molecule has 30 heavy (non-hydrogen) atoms. The average molecular weight is 427 g/mol. The summed E-state index contributed by atoms with van der Waals surface area (Å²) >= 11 is 0. The lowest BCUT2D eigenvalue weighted by Gasteiger charge is -2.16. The van der Waals surface area contributed by atoms with Crippen LogP contribution in [0.15, 0.2) is 0 Å². The zero-order valence-electron chi connectivity index (χ0n) is 20.4. The van der Waals surface area contributed by atoms with E-state index in [1.165, 1.54) is 57.8 Å². The molecule has 0 atom stereocenters. The molecule has 0 aromatic rings. The maximum absolute atomic E-state index is 11.9. The van der Waals surface area contributed by atoms with E-state index in [1.54, 1.807) is 0 Å². The predicted molar refractivity (Wildman–Crippen MR) is 126 cm³/mol. The van der Waals surface area contributed by atoms with Gasteiger partial charge in [0.25, 0.3) is 0 Å². The molecular formula is C26H50O4. The summed E-state index contributed by atoms with van der Waals surface area (Å²) in [6, 6.07) is 0. The summed E-state index contributed by atoms with van der Waals surface area (Å²) in [6.07, 6.45) is 20.4. The fourth-order valence-electron chi connectivity index (χ4n) is 3.71. The summed E-state index contributed by atoms with van der Waals surface area (Å²) in [6.45, 7) is 7.01. The van der Waals surface area contributed by atoms with Crippen molar-refractivity contribution < 1.29 is 19.1 Å². The normalized spacial score (nSPS) is 11.1. The number of carbonyl (C=O) groups excluding carboxylic acids is 2. The van der Waals surface area contributed by atoms with Crippen molar-refractivity contribution in [3.05, 3.63) is 0 Å². The second-order valence-electron chi connectivity index (χ2n) is 8.65. The van der Waals surface area contributed by atoms with E-state index in [4.69, 9.17) is 9.47 Å². The molecule has 0 N–H and O–H groups in total. The third-order valence-electron chi connectivity index (χ3n) is 5.54. The summed E-state index contributed by atoms with van der Waals surface area (Å²) < 4.78 is 10.8. The van der Waals surface area contributed by atoms with Crippen LogP contribution in [0.2, 0.25) is 0 Å². The Balaban J connectivity index is 3.44. The first-order chi connectivity index (χ1) is 14.6. The molecule has 0 spiro atoms. The van der Waals surface area contributed by atoms with Crippen LogP contribution in [0, 0.1) is 0 Å². The van der Waals surface area contributed by atoms with Crippen molar-refractivity contribution in [1.82, 2.24) is 0 Å². The molecule has 178 valence electrons. The van der Waals surface area contributed by atoms with Crippen LogP contribution in [0.25, 0.3) is 0 Å². The molecule has 0 unspecified atom stereocenters. The van der Waals surface area contributed by atoms with Crippen LogP contribution in [-0.4, -0.2) is 24.6 Å². The minimum atomic E-state index is -0.134. The molecule has 0 saturated heterocycles. The Morgan fingerprint density at radius 1 is 0.567 bits per heavy atom. The van der Waals surface area contributed by atoms with Gasteiger partial charge in [0.15, 0.2) is 0 Å². The van der Waals surface area contributed by atoms with E-state index in [-0.39, 0.29) is 18.0 Å². The van der Waals surface area contributed by atoms with Crippen LogP contribution < -0.4 is 0 Å². The van der Waals surface area contributed by atoms with Crippen LogP contribution >= 0.6 is 0 Å². The first kappa shape index (κ1) is 28.9. The molecule has 0 fully saturated rings. The largest absolute Gasteiger partial charge is 0.466 e. The quantitative estimate of drug-likeness (QED) is 0.130. The summed E-state index contributed by atoms with van der Waals surface area (Å²) in [5.41, 5.74) is 0. The van der Waals surface area contributed by atoms with E-state index in [9.17, 15) is 9.59 Å². The predicted octanol–water partition coefficient (Wildman–Crippen LogP) is 7.91. The number of carbonyl (C=O) groups is 2. The van der Waals surface area contributed by atoms with Gasteiger partial charge in [-0.1, -0.05) is 97.8 Å². The minimum absolute atomic E-state index is 0.0586. The van der Waals surface area contributed by atoms with Crippen LogP contribution in [0.5, 0.6) is 0 Å². The van der Waals surface area contributed by atoms with Crippen LogP contribution in [0.4, 0.5) is 0 Å². The molecule has 0 rings (SSSR count). The van der Waals surface area contributed by atoms with Crippen LogP contribution in [0.3, 0.4) is 0 Å². The summed E-state index contributed by atoms with van der Waals surface area (Å²) in [5.74, 6) is -0.262. The lowest BCUT2D eigenvalue weighted by atomic mass is 10.1. The maximum Gasteiger partial charge on any atom is 0.306 e. The Bertz CT molecular complexity index is 388. The lowest BCUT2D eigenvalue weighted by molar-refractivity contribution is -0.150. The molecule has 0 radical (unpaired) electrons. The Labute approximate surface area is 186 Å². The van der Waals surface area contributed by atoms with Crippen molar-refractivity contribution in [2.24, 2.45) is 0 Å². The van der Waals surface area contributed by atoms with Gasteiger partial charge < -0.3 is 9.47 Å². The highest BCUT2D eigenvalue weighted by atomic mass is 16.5. The second-order valence-corrected chi connectivity index (χ2v) is 8.65. The van der Waals surface area contributed by atoms with Gasteiger partial charge in [-0.3, -0.25) is 9.59 Å². The zero-order chi connectivity index (χ0) is 22.3. The maximum atomic E-state index is 11.9. The highest BCUT2D eigenvalue weighted by Gasteiger charge is 2.13. The second kappa shape index (κ2) is 22.6. The van der Waals surface area contributed by atoms with E-state index >= 15 is 0 Å². The van der Waals surface area contributed by atoms with Gasteiger partial charge in [0.2, 0.25) is 0 Å². The third-order valence-corrected chi connectivity index (χ3v) is 5.54. The number of ether oxygens (including phenoxy) is 2. The molecule has 0 aliphatic heterocycles. The Hall–Kier alpha value is -1.06. The molecule has 0 aromatic carbocycles. The van der Waals surface area contributed by atoms with Crippen LogP contribution in [0.1, 0.15) is 143 Å². The van der Waals surface area contributed by atoms with Gasteiger partial charge in [-0.2, -0.15) is 0 Å². The first-order valence-corrected chi connectivity index (χ1v) is 13.0. The average Bonchev–Trinajstić information content (AvgIpc) is 2.72. The van der Waals surface area contributed by atoms with Crippen LogP contribution in [-0.2, 0) is 19.1 Å². The van der Waals surface area contributed by atoms with E-state index in [2.05, 4.69) is 20.8 Å². The van der Waals surface area contributed by atoms with Crippen molar-refractivity contribution in [3.63, 3.8) is 0 Å². The fraction of sp³-hybridized carbons (Fsp3) is 0.923. The molecular weight excluding hydrogens is 376 g/mol. The summed E-state index contributed by atoms with van der Waals surface area (Å²) in [7, 11) is 0. The highest BCUT2D eigenvalue weighted by Crippen LogP contribution is 2.13. The Morgan fingerprint density at radius 2 is 1.03 bits per heavy atom. The van der Waals surface area contributed by atoms with Gasteiger partial charge in [0.1, 0.15) is 6.10 Å². The van der Waals surface area contributed by atoms with Crippen molar-refractivity contribution in [2.75, 3.05) is 6.61 Å². The van der Waals surface area contributed by atoms with E-state index in [0.717, 1.165) is 38.5 Å². The molecule has 0 aliphatic carbocycles. The first-order valence-electron chi connectivity index (χ1n) is 13.0. The SMILES string of the molecule is CCCCCCCCCCCCCOC(=O)CCCCC(=O)OC(CCC)CCC. The van der Waals surface area contributed by atoms with E-state index < -0.39 is 0 Å². The third kappa shape index (κ3) is 20.2. The van der Waals surface area contributed by atoms with E-state index in [1.807, 2.05) is 0 Å². The number of esters is 2. The molecule has 0 heterocycles. The van der Waals surface area contributed by atoms with Gasteiger partial charge >= 0.3 is 11.9 Å². The fourth-order valence-corrected chi connectivity index (χ4v) is 3.71. The number of hydrogen-bond donors (Lipinski definition) is 0. The van der Waals surface area contributed by atoms with Gasteiger partial charge in [-0.05, 0) is 32.1 Å². The lowest BCUT2D eigenvalue weighted by Crippen LogP contribution is -2.17. The van der Waals surface area contributed by atoms with Crippen molar-refractivity contribution in [3.8, 4) is 0 Å². The minimum Gasteiger partial charge on any atom is -0.466 e. The summed E-state index contributed by atoms with van der Waals surface area (Å²) in [4.78, 5) is 23.7. The Kier molecular flexibility index (Phi) is 21.8. The molecule has 4 heteroatoms. The number of unbranched alkanes of at least 4 members (excludes halogenated alkanes) is 11. The Morgan fingerprint density at radius 3 is 1.53 bits per heavy atom. The molecule has 0 saturated carbocycles. The molecule has 0 aliphatic rings. The van der Waals surface area contributed by atoms with Crippen molar-refractivity contribution in [2.45, 2.75) is 149 Å². The van der Waals surface area contributed by atoms with Gasteiger partial charge in [-0.25, -0.2) is 0 Å². The van der Waals surface area contributed by atoms with Crippen molar-refractivity contribution in [1.29, 1.82) is 0 Å². The zero-order valence-corrected chi connectivity index (χ0v) is 20.4. The van der Waals surface area contributed by atoms with Crippen molar-refractivity contribution >= 4 is 11.9 Å². The van der Waals surface area contributed by atoms with Gasteiger partial charge in [0, 0.05) is 12.8 Å².